The molecule has 0 radical (unpaired) electrons. The van der Waals surface area contributed by atoms with Crippen LogP contribution in [0.2, 0.25) is 0 Å². The molecule has 1 atom stereocenters. The van der Waals surface area contributed by atoms with Gasteiger partial charge in [0, 0.05) is 12.1 Å². The first kappa shape index (κ1) is 20.8. The van der Waals surface area contributed by atoms with Gasteiger partial charge in [0.15, 0.2) is 6.61 Å². The lowest BCUT2D eigenvalue weighted by Crippen LogP contribution is -2.39. The van der Waals surface area contributed by atoms with Crippen molar-refractivity contribution in [3.05, 3.63) is 71.8 Å². The molecule has 6 nitrogen and oxygen atoms in total. The number of benzene rings is 2. The Bertz CT molecular complexity index is 885. The Kier molecular flexibility index (Phi) is 7.38. The maximum absolute atomic E-state index is 13.5. The monoisotopic (exact) mass is 388 g/mol. The summed E-state index contributed by atoms with van der Waals surface area (Å²) in [6.07, 6.45) is 2.84. The lowest BCUT2D eigenvalue weighted by Gasteiger charge is -2.12. The zero-order valence-electron chi connectivity index (χ0n) is 14.9. The van der Waals surface area contributed by atoms with E-state index in [-0.39, 0.29) is 5.69 Å². The molecule has 2 aromatic rings. The molecule has 0 fully saturated rings. The van der Waals surface area contributed by atoms with Crippen LogP contribution in [-0.4, -0.2) is 30.4 Å². The van der Waals surface area contributed by atoms with Gasteiger partial charge in [-0.05, 0) is 30.7 Å². The molecule has 28 heavy (non-hydrogen) atoms. The Labute approximate surface area is 160 Å². The first-order chi connectivity index (χ1) is 13.3. The minimum Gasteiger partial charge on any atom is -0.454 e. The lowest BCUT2D eigenvalue weighted by atomic mass is 10.2. The number of carbonyl (C=O) groups excluding carboxylic acids is 3. The molecule has 0 bridgehead atoms. The van der Waals surface area contributed by atoms with Gasteiger partial charge in [0.1, 0.15) is 17.7 Å². The van der Waals surface area contributed by atoms with Gasteiger partial charge < -0.3 is 15.4 Å². The third-order valence-electron chi connectivity index (χ3n) is 3.49. The zero-order valence-corrected chi connectivity index (χ0v) is 14.9. The highest BCUT2D eigenvalue weighted by Crippen LogP contribution is 2.15. The average Bonchev–Trinajstić information content (AvgIpc) is 2.68. The molecule has 0 aliphatic rings. The summed E-state index contributed by atoms with van der Waals surface area (Å²) in [5.74, 6) is -3.77. The number of ether oxygens (including phenoxy) is 1. The summed E-state index contributed by atoms with van der Waals surface area (Å²) in [4.78, 5) is 35.4. The highest BCUT2D eigenvalue weighted by Gasteiger charge is 2.18. The fraction of sp³-hybridized carbons (Fsp3) is 0.150. The molecule has 0 aromatic heterocycles. The summed E-state index contributed by atoms with van der Waals surface area (Å²) in [6, 6.07) is 10.6. The second kappa shape index (κ2) is 9.96. The molecule has 2 N–H and O–H groups in total. The molecule has 8 heteroatoms. The van der Waals surface area contributed by atoms with Gasteiger partial charge >= 0.3 is 5.97 Å². The molecule has 0 spiro atoms. The number of esters is 1. The third kappa shape index (κ3) is 6.64. The van der Waals surface area contributed by atoms with Crippen molar-refractivity contribution < 1.29 is 27.9 Å². The first-order valence-corrected chi connectivity index (χ1v) is 8.30. The predicted molar refractivity (Wildman–Crippen MR) is 99.0 cm³/mol. The molecule has 0 aliphatic heterocycles. The standard InChI is InChI=1S/C20H18F2N2O4/c1-13(23-18(25)10-7-14-5-3-2-4-6-14)20(27)28-12-19(26)24-17-11-15(21)8-9-16(17)22/h2-11,13H,12H2,1H3,(H,23,25)(H,24,26)/b10-7+/t13-/m0/s1. The van der Waals surface area contributed by atoms with Crippen LogP contribution in [0.25, 0.3) is 6.08 Å². The smallest absolute Gasteiger partial charge is 0.328 e. The van der Waals surface area contributed by atoms with Crippen molar-refractivity contribution in [1.29, 1.82) is 0 Å². The normalized spacial score (nSPS) is 11.7. The van der Waals surface area contributed by atoms with Crippen LogP contribution in [0.1, 0.15) is 12.5 Å². The average molecular weight is 388 g/mol. The van der Waals surface area contributed by atoms with Crippen LogP contribution in [0.5, 0.6) is 0 Å². The van der Waals surface area contributed by atoms with Gasteiger partial charge in [0.25, 0.3) is 5.91 Å². The van der Waals surface area contributed by atoms with E-state index >= 15 is 0 Å². The van der Waals surface area contributed by atoms with Gasteiger partial charge in [-0.25, -0.2) is 13.6 Å². The summed E-state index contributed by atoms with van der Waals surface area (Å²) >= 11 is 0. The van der Waals surface area contributed by atoms with Crippen LogP contribution >= 0.6 is 0 Å². The van der Waals surface area contributed by atoms with Crippen molar-refractivity contribution in [3.63, 3.8) is 0 Å². The van der Waals surface area contributed by atoms with Gasteiger partial charge in [-0.2, -0.15) is 0 Å². The quantitative estimate of drug-likeness (QED) is 0.564. The van der Waals surface area contributed by atoms with E-state index in [0.29, 0.717) is 0 Å². The summed E-state index contributed by atoms with van der Waals surface area (Å²) in [7, 11) is 0. The highest BCUT2D eigenvalue weighted by atomic mass is 19.1. The van der Waals surface area contributed by atoms with Crippen molar-refractivity contribution >= 4 is 29.5 Å². The molecule has 0 unspecified atom stereocenters. The van der Waals surface area contributed by atoms with E-state index in [0.717, 1.165) is 23.8 Å². The summed E-state index contributed by atoms with van der Waals surface area (Å²) in [5, 5.41) is 4.49. The molecular weight excluding hydrogens is 370 g/mol. The molecule has 2 aromatic carbocycles. The van der Waals surface area contributed by atoms with Crippen molar-refractivity contribution in [2.24, 2.45) is 0 Å². The Morgan fingerprint density at radius 3 is 2.54 bits per heavy atom. The lowest BCUT2D eigenvalue weighted by molar-refractivity contribution is -0.149. The maximum atomic E-state index is 13.5. The number of amides is 2. The number of hydrogen-bond acceptors (Lipinski definition) is 4. The summed E-state index contributed by atoms with van der Waals surface area (Å²) < 4.78 is 31.3. The molecule has 2 amide bonds. The number of anilines is 1. The second-order valence-corrected chi connectivity index (χ2v) is 5.75. The summed E-state index contributed by atoms with van der Waals surface area (Å²) in [6.45, 7) is 0.676. The van der Waals surface area contributed by atoms with E-state index in [4.69, 9.17) is 4.74 Å². The van der Waals surface area contributed by atoms with Gasteiger partial charge in [0.2, 0.25) is 5.91 Å². The number of rotatable bonds is 7. The number of halogens is 2. The fourth-order valence-electron chi connectivity index (χ4n) is 2.10. The van der Waals surface area contributed by atoms with Crippen LogP contribution < -0.4 is 10.6 Å². The highest BCUT2D eigenvalue weighted by molar-refractivity contribution is 5.96. The Hall–Kier alpha value is -3.55. The van der Waals surface area contributed by atoms with E-state index < -0.39 is 42.1 Å². The third-order valence-corrected chi connectivity index (χ3v) is 3.49. The van der Waals surface area contributed by atoms with Crippen LogP contribution in [0.4, 0.5) is 14.5 Å². The zero-order chi connectivity index (χ0) is 20.5. The second-order valence-electron chi connectivity index (χ2n) is 5.75. The van der Waals surface area contributed by atoms with Crippen LogP contribution in [0.3, 0.4) is 0 Å². The topological polar surface area (TPSA) is 84.5 Å². The molecule has 2 rings (SSSR count). The molecule has 0 heterocycles. The van der Waals surface area contributed by atoms with Crippen molar-refractivity contribution in [2.75, 3.05) is 11.9 Å². The van der Waals surface area contributed by atoms with Crippen LogP contribution in [-0.2, 0) is 19.1 Å². The maximum Gasteiger partial charge on any atom is 0.328 e. The molecule has 0 saturated carbocycles. The van der Waals surface area contributed by atoms with E-state index in [2.05, 4.69) is 10.6 Å². The van der Waals surface area contributed by atoms with E-state index in [1.165, 1.54) is 13.0 Å². The molecular formula is C20H18F2N2O4. The van der Waals surface area contributed by atoms with Crippen molar-refractivity contribution in [3.8, 4) is 0 Å². The van der Waals surface area contributed by atoms with Crippen molar-refractivity contribution in [1.82, 2.24) is 5.32 Å². The SMILES string of the molecule is C[C@H](NC(=O)/C=C/c1ccccc1)C(=O)OCC(=O)Nc1cc(F)ccc1F. The Morgan fingerprint density at radius 1 is 1.11 bits per heavy atom. The van der Waals surface area contributed by atoms with E-state index in [1.54, 1.807) is 6.08 Å². The van der Waals surface area contributed by atoms with Crippen LogP contribution in [0, 0.1) is 11.6 Å². The van der Waals surface area contributed by atoms with Crippen molar-refractivity contribution in [2.45, 2.75) is 13.0 Å². The predicted octanol–water partition coefficient (Wildman–Crippen LogP) is 2.66. The van der Waals surface area contributed by atoms with Crippen LogP contribution in [0.15, 0.2) is 54.6 Å². The molecule has 0 aliphatic carbocycles. The largest absolute Gasteiger partial charge is 0.454 e. The molecule has 146 valence electrons. The fourth-order valence-corrected chi connectivity index (χ4v) is 2.10. The van der Waals surface area contributed by atoms with Gasteiger partial charge in [-0.1, -0.05) is 30.3 Å². The number of nitrogens with one attached hydrogen (secondary N) is 2. The van der Waals surface area contributed by atoms with Gasteiger partial charge in [-0.15, -0.1) is 0 Å². The van der Waals surface area contributed by atoms with E-state index in [1.807, 2.05) is 30.3 Å². The van der Waals surface area contributed by atoms with Gasteiger partial charge in [0.05, 0.1) is 5.69 Å². The van der Waals surface area contributed by atoms with E-state index in [9.17, 15) is 23.2 Å². The minimum atomic E-state index is -1.01. The molecule has 0 saturated heterocycles. The minimum absolute atomic E-state index is 0.367. The number of hydrogen-bond donors (Lipinski definition) is 2. The summed E-state index contributed by atoms with van der Waals surface area (Å²) in [5.41, 5.74) is 0.447. The first-order valence-electron chi connectivity index (χ1n) is 8.30. The Balaban J connectivity index is 1.78. The van der Waals surface area contributed by atoms with Gasteiger partial charge in [-0.3, -0.25) is 9.59 Å². The number of carbonyl (C=O) groups is 3. The Morgan fingerprint density at radius 2 is 1.82 bits per heavy atom.